The summed E-state index contributed by atoms with van der Waals surface area (Å²) in [6, 6.07) is 19.8. The molecule has 0 unspecified atom stereocenters. The normalized spacial score (nSPS) is 13.8. The molecule has 33 heavy (non-hydrogen) atoms. The van der Waals surface area contributed by atoms with Crippen LogP contribution in [-0.2, 0) is 11.4 Å². The molecule has 0 aliphatic carbocycles. The monoisotopic (exact) mass is 444 g/mol. The third-order valence-corrected chi connectivity index (χ3v) is 5.65. The lowest BCUT2D eigenvalue weighted by Crippen LogP contribution is -2.38. The van der Waals surface area contributed by atoms with Gasteiger partial charge < -0.3 is 25.1 Å². The van der Waals surface area contributed by atoms with Crippen LogP contribution in [0, 0.1) is 17.2 Å². The maximum Gasteiger partial charge on any atom is 0.291 e. The van der Waals surface area contributed by atoms with Crippen LogP contribution >= 0.6 is 0 Å². The van der Waals surface area contributed by atoms with Gasteiger partial charge in [0.15, 0.2) is 5.76 Å². The van der Waals surface area contributed by atoms with Gasteiger partial charge in [-0.15, -0.1) is 0 Å². The van der Waals surface area contributed by atoms with Gasteiger partial charge in [-0.2, -0.15) is 5.26 Å². The number of anilines is 2. The summed E-state index contributed by atoms with van der Waals surface area (Å²) in [6.07, 6.45) is 1.38. The lowest BCUT2D eigenvalue weighted by atomic mass is 9.96. The predicted molar refractivity (Wildman–Crippen MR) is 123 cm³/mol. The average Bonchev–Trinajstić information content (AvgIpc) is 3.32. The Morgan fingerprint density at radius 3 is 2.58 bits per heavy atom. The highest BCUT2D eigenvalue weighted by atomic mass is 16.5. The first-order valence-corrected chi connectivity index (χ1v) is 10.7. The molecule has 3 N–H and O–H groups in total. The molecule has 3 aromatic rings. The van der Waals surface area contributed by atoms with Crippen LogP contribution in [0.4, 0.5) is 11.4 Å². The summed E-state index contributed by atoms with van der Waals surface area (Å²) in [5.74, 6) is 0.338. The van der Waals surface area contributed by atoms with Crippen LogP contribution < -0.4 is 20.7 Å². The van der Waals surface area contributed by atoms with Crippen molar-refractivity contribution in [2.45, 2.75) is 19.4 Å². The molecular formula is C25H24N4O4. The Morgan fingerprint density at radius 1 is 1.09 bits per heavy atom. The van der Waals surface area contributed by atoms with Crippen molar-refractivity contribution in [2.24, 2.45) is 11.7 Å². The molecule has 2 heterocycles. The molecule has 0 atom stereocenters. The predicted octanol–water partition coefficient (Wildman–Crippen LogP) is 3.68. The molecule has 0 spiro atoms. The van der Waals surface area contributed by atoms with Crippen molar-refractivity contribution in [3.63, 3.8) is 0 Å². The molecule has 1 saturated heterocycles. The van der Waals surface area contributed by atoms with E-state index in [-0.39, 0.29) is 30.1 Å². The van der Waals surface area contributed by atoms with E-state index in [0.29, 0.717) is 48.7 Å². The first-order chi connectivity index (χ1) is 16.0. The van der Waals surface area contributed by atoms with Gasteiger partial charge in [0.2, 0.25) is 5.91 Å². The largest absolute Gasteiger partial charge is 0.484 e. The highest BCUT2D eigenvalue weighted by Crippen LogP contribution is 2.30. The van der Waals surface area contributed by atoms with Crippen molar-refractivity contribution in [3.8, 4) is 11.8 Å². The minimum atomic E-state index is -0.377. The zero-order valence-electron chi connectivity index (χ0n) is 18.0. The minimum absolute atomic E-state index is 0.0946. The van der Waals surface area contributed by atoms with E-state index in [4.69, 9.17) is 20.1 Å². The number of piperidine rings is 1. The van der Waals surface area contributed by atoms with Crippen LogP contribution in [0.25, 0.3) is 0 Å². The van der Waals surface area contributed by atoms with Crippen LogP contribution in [-0.4, -0.2) is 24.9 Å². The van der Waals surface area contributed by atoms with Crippen molar-refractivity contribution in [1.29, 1.82) is 5.26 Å². The van der Waals surface area contributed by atoms with E-state index in [1.807, 2.05) is 24.3 Å². The highest BCUT2D eigenvalue weighted by molar-refractivity contribution is 6.04. The molecule has 1 aliphatic heterocycles. The second-order valence-electron chi connectivity index (χ2n) is 7.80. The van der Waals surface area contributed by atoms with Crippen LogP contribution in [0.2, 0.25) is 0 Å². The van der Waals surface area contributed by atoms with Gasteiger partial charge in [0, 0.05) is 19.0 Å². The summed E-state index contributed by atoms with van der Waals surface area (Å²) in [5.41, 5.74) is 7.41. The number of benzene rings is 2. The van der Waals surface area contributed by atoms with E-state index in [0.717, 1.165) is 5.69 Å². The molecule has 0 radical (unpaired) electrons. The molecule has 1 aromatic heterocycles. The summed E-state index contributed by atoms with van der Waals surface area (Å²) >= 11 is 0. The molecule has 2 aromatic carbocycles. The number of amides is 2. The standard InChI is InChI=1S/C25H24N4O4/c26-15-18-5-1-4-8-22(18)32-16-19-9-10-23(33-19)25(31)28-20-6-2-3-7-21(20)29-13-11-17(12-14-29)24(27)30/h1-10,17H,11-14,16H2,(H2,27,30)(H,28,31). The maximum atomic E-state index is 12.8. The summed E-state index contributed by atoms with van der Waals surface area (Å²) in [4.78, 5) is 26.4. The summed E-state index contributed by atoms with van der Waals surface area (Å²) < 4.78 is 11.3. The molecule has 1 fully saturated rings. The summed E-state index contributed by atoms with van der Waals surface area (Å²) in [7, 11) is 0. The van der Waals surface area contributed by atoms with E-state index < -0.39 is 0 Å². The second kappa shape index (κ2) is 9.92. The Hall–Kier alpha value is -4.25. The molecule has 0 saturated carbocycles. The lowest BCUT2D eigenvalue weighted by Gasteiger charge is -2.33. The Bertz CT molecular complexity index is 1190. The lowest BCUT2D eigenvalue weighted by molar-refractivity contribution is -0.122. The summed E-state index contributed by atoms with van der Waals surface area (Å²) in [6.45, 7) is 1.47. The maximum absolute atomic E-state index is 12.8. The molecule has 1 aliphatic rings. The number of furan rings is 1. The topological polar surface area (TPSA) is 122 Å². The SMILES string of the molecule is N#Cc1ccccc1OCc1ccc(C(=O)Nc2ccccc2N2CCC(C(N)=O)CC2)o1. The van der Waals surface area contributed by atoms with Crippen LogP contribution in [0.1, 0.15) is 34.7 Å². The van der Waals surface area contributed by atoms with Gasteiger partial charge >= 0.3 is 0 Å². The van der Waals surface area contributed by atoms with Crippen molar-refractivity contribution in [2.75, 3.05) is 23.3 Å². The van der Waals surface area contributed by atoms with E-state index >= 15 is 0 Å². The fourth-order valence-electron chi connectivity index (χ4n) is 3.86. The molecule has 168 valence electrons. The Kier molecular flexibility index (Phi) is 6.60. The second-order valence-corrected chi connectivity index (χ2v) is 7.80. The van der Waals surface area contributed by atoms with Gasteiger partial charge in [-0.25, -0.2) is 0 Å². The van der Waals surface area contributed by atoms with E-state index in [1.54, 1.807) is 36.4 Å². The van der Waals surface area contributed by atoms with Gasteiger partial charge in [0.1, 0.15) is 24.2 Å². The number of nitrogens with zero attached hydrogens (tertiary/aromatic N) is 2. The molecule has 4 rings (SSSR count). The van der Waals surface area contributed by atoms with Gasteiger partial charge in [-0.3, -0.25) is 9.59 Å². The van der Waals surface area contributed by atoms with E-state index in [2.05, 4.69) is 16.3 Å². The fourth-order valence-corrected chi connectivity index (χ4v) is 3.86. The minimum Gasteiger partial charge on any atom is -0.484 e. The number of nitriles is 1. The number of nitrogens with two attached hydrogens (primary N) is 1. The smallest absolute Gasteiger partial charge is 0.291 e. The quantitative estimate of drug-likeness (QED) is 0.573. The number of carbonyl (C=O) groups excluding carboxylic acids is 2. The molecule has 0 bridgehead atoms. The van der Waals surface area contributed by atoms with Gasteiger partial charge in [-0.05, 0) is 49.2 Å². The number of nitrogens with one attached hydrogen (secondary N) is 1. The Labute approximate surface area is 191 Å². The third-order valence-electron chi connectivity index (χ3n) is 5.65. The van der Waals surface area contributed by atoms with Crippen molar-refractivity contribution < 1.29 is 18.7 Å². The van der Waals surface area contributed by atoms with E-state index in [1.165, 1.54) is 0 Å². The van der Waals surface area contributed by atoms with Gasteiger partial charge in [-0.1, -0.05) is 24.3 Å². The van der Waals surface area contributed by atoms with E-state index in [9.17, 15) is 9.59 Å². The number of hydrogen-bond acceptors (Lipinski definition) is 6. The third kappa shape index (κ3) is 5.15. The van der Waals surface area contributed by atoms with Crippen molar-refractivity contribution >= 4 is 23.2 Å². The van der Waals surface area contributed by atoms with Crippen LogP contribution in [0.15, 0.2) is 65.1 Å². The first kappa shape index (κ1) is 22.0. The van der Waals surface area contributed by atoms with Crippen molar-refractivity contribution in [1.82, 2.24) is 0 Å². The van der Waals surface area contributed by atoms with Crippen LogP contribution in [0.5, 0.6) is 5.75 Å². The average molecular weight is 444 g/mol. The van der Waals surface area contributed by atoms with Gasteiger partial charge in [0.25, 0.3) is 5.91 Å². The number of para-hydroxylation sites is 3. The Balaban J connectivity index is 1.40. The number of hydrogen-bond donors (Lipinski definition) is 2. The molecule has 8 heteroatoms. The molecule has 2 amide bonds. The number of rotatable bonds is 7. The zero-order valence-corrected chi connectivity index (χ0v) is 18.0. The fraction of sp³-hybridized carbons (Fsp3) is 0.240. The number of carbonyl (C=O) groups is 2. The van der Waals surface area contributed by atoms with Crippen LogP contribution in [0.3, 0.4) is 0 Å². The van der Waals surface area contributed by atoms with Gasteiger partial charge in [0.05, 0.1) is 16.9 Å². The molecular weight excluding hydrogens is 420 g/mol. The molecule has 8 nitrogen and oxygen atoms in total. The van der Waals surface area contributed by atoms with Crippen molar-refractivity contribution in [3.05, 3.63) is 77.7 Å². The summed E-state index contributed by atoms with van der Waals surface area (Å²) in [5, 5.41) is 12.1. The Morgan fingerprint density at radius 2 is 1.82 bits per heavy atom. The highest BCUT2D eigenvalue weighted by Gasteiger charge is 2.25. The zero-order chi connectivity index (χ0) is 23.2. The number of ether oxygens (including phenoxy) is 1. The number of primary amides is 1. The first-order valence-electron chi connectivity index (χ1n) is 10.7.